The molecule has 0 radical (unpaired) electrons. The number of esters is 1. The molecule has 0 unspecified atom stereocenters. The Balaban J connectivity index is 5.11. The molecule has 0 saturated heterocycles. The lowest BCUT2D eigenvalue weighted by Crippen LogP contribution is -2.17. The smallest absolute Gasteiger partial charge is 0.343 e. The highest BCUT2D eigenvalue weighted by atomic mass is 35.5. The first-order valence-corrected chi connectivity index (χ1v) is 6.15. The molecule has 0 aliphatic carbocycles. The van der Waals surface area contributed by atoms with Gasteiger partial charge in [0.05, 0.1) is 11.6 Å². The number of nitrogens with two attached hydrogens (primary N) is 1. The van der Waals surface area contributed by atoms with Crippen LogP contribution >= 0.6 is 23.4 Å². The largest absolute Gasteiger partial charge is 0.462 e. The summed E-state index contributed by atoms with van der Waals surface area (Å²) in [6.45, 7) is 7.15. The first-order valence-electron chi connectivity index (χ1n) is 4.54. The molecule has 0 rings (SSSR count). The van der Waals surface area contributed by atoms with Crippen LogP contribution in [0.2, 0.25) is 0 Å². The highest BCUT2D eigenvalue weighted by Gasteiger charge is 2.18. The second-order valence-corrected chi connectivity index (χ2v) is 4.02. The first kappa shape index (κ1) is 15.1. The number of allylic oxidation sites excluding steroid dienone is 1. The van der Waals surface area contributed by atoms with Crippen molar-refractivity contribution in [3.63, 3.8) is 0 Å². The zero-order chi connectivity index (χ0) is 12.7. The van der Waals surface area contributed by atoms with Crippen LogP contribution in [0.5, 0.6) is 0 Å². The SMILES string of the molecule is C=C(N=C(Cl)/C(C(=O)OCC)=C(/C)N)SC. The molecular formula is C10H15ClN2O2S. The molecule has 0 amide bonds. The highest BCUT2D eigenvalue weighted by molar-refractivity contribution is 8.02. The van der Waals surface area contributed by atoms with Crippen molar-refractivity contribution >= 4 is 34.5 Å². The number of carbonyl (C=O) groups excluding carboxylic acids is 1. The van der Waals surface area contributed by atoms with Gasteiger partial charge in [-0.1, -0.05) is 18.2 Å². The average Bonchev–Trinajstić information content (AvgIpc) is 2.17. The van der Waals surface area contributed by atoms with Gasteiger partial charge in [0.25, 0.3) is 0 Å². The van der Waals surface area contributed by atoms with E-state index in [1.54, 1.807) is 20.1 Å². The Labute approximate surface area is 105 Å². The number of carbonyl (C=O) groups is 1. The van der Waals surface area contributed by atoms with E-state index in [2.05, 4.69) is 11.6 Å². The van der Waals surface area contributed by atoms with Crippen LogP contribution in [0, 0.1) is 0 Å². The summed E-state index contributed by atoms with van der Waals surface area (Å²) < 4.78 is 4.82. The van der Waals surface area contributed by atoms with Gasteiger partial charge in [0.1, 0.15) is 10.7 Å². The van der Waals surface area contributed by atoms with Crippen LogP contribution in [0.3, 0.4) is 0 Å². The van der Waals surface area contributed by atoms with E-state index in [1.165, 1.54) is 11.8 Å². The molecule has 0 fully saturated rings. The summed E-state index contributed by atoms with van der Waals surface area (Å²) in [6.07, 6.45) is 1.80. The second-order valence-electron chi connectivity index (χ2n) is 2.78. The number of nitrogens with zero attached hydrogens (tertiary/aromatic N) is 1. The van der Waals surface area contributed by atoms with E-state index in [1.807, 2.05) is 0 Å². The van der Waals surface area contributed by atoms with Crippen LogP contribution in [0.25, 0.3) is 0 Å². The van der Waals surface area contributed by atoms with Crippen LogP contribution in [0.15, 0.2) is 27.9 Å². The predicted molar refractivity (Wildman–Crippen MR) is 69.5 cm³/mol. The van der Waals surface area contributed by atoms with Crippen LogP contribution < -0.4 is 5.73 Å². The molecule has 0 spiro atoms. The Kier molecular flexibility index (Phi) is 6.92. The molecule has 0 aromatic carbocycles. The molecule has 0 heterocycles. The van der Waals surface area contributed by atoms with E-state index in [0.717, 1.165) is 0 Å². The number of ether oxygens (including phenoxy) is 1. The lowest BCUT2D eigenvalue weighted by atomic mass is 10.2. The quantitative estimate of drug-likeness (QED) is 0.469. The Bertz CT molecular complexity index is 347. The van der Waals surface area contributed by atoms with Crippen molar-refractivity contribution in [1.29, 1.82) is 0 Å². The summed E-state index contributed by atoms with van der Waals surface area (Å²) in [5.41, 5.74) is 5.91. The molecule has 6 heteroatoms. The van der Waals surface area contributed by atoms with E-state index >= 15 is 0 Å². The molecular weight excluding hydrogens is 248 g/mol. The van der Waals surface area contributed by atoms with E-state index in [9.17, 15) is 4.79 Å². The number of rotatable bonds is 5. The predicted octanol–water partition coefficient (Wildman–Crippen LogP) is 2.25. The fraction of sp³-hybridized carbons (Fsp3) is 0.400. The van der Waals surface area contributed by atoms with Gasteiger partial charge in [0, 0.05) is 5.70 Å². The summed E-state index contributed by atoms with van der Waals surface area (Å²) in [7, 11) is 0. The van der Waals surface area contributed by atoms with Crippen molar-refractivity contribution in [3.05, 3.63) is 22.9 Å². The van der Waals surface area contributed by atoms with Gasteiger partial charge in [0.2, 0.25) is 0 Å². The number of thioether (sulfide) groups is 1. The van der Waals surface area contributed by atoms with Crippen molar-refractivity contribution in [2.45, 2.75) is 13.8 Å². The van der Waals surface area contributed by atoms with Gasteiger partial charge < -0.3 is 10.5 Å². The van der Waals surface area contributed by atoms with Crippen LogP contribution in [-0.4, -0.2) is 24.0 Å². The maximum Gasteiger partial charge on any atom is 0.343 e. The van der Waals surface area contributed by atoms with Gasteiger partial charge >= 0.3 is 5.97 Å². The molecule has 0 aromatic rings. The zero-order valence-corrected chi connectivity index (χ0v) is 11.1. The fourth-order valence-electron chi connectivity index (χ4n) is 0.822. The lowest BCUT2D eigenvalue weighted by Gasteiger charge is -2.07. The van der Waals surface area contributed by atoms with Crippen molar-refractivity contribution in [2.75, 3.05) is 12.9 Å². The fourth-order valence-corrected chi connectivity index (χ4v) is 1.38. The van der Waals surface area contributed by atoms with Crippen molar-refractivity contribution < 1.29 is 9.53 Å². The molecule has 0 atom stereocenters. The lowest BCUT2D eigenvalue weighted by molar-refractivity contribution is -0.137. The summed E-state index contributed by atoms with van der Waals surface area (Å²) in [4.78, 5) is 15.5. The second kappa shape index (κ2) is 7.35. The molecule has 0 aliphatic rings. The highest BCUT2D eigenvalue weighted by Crippen LogP contribution is 2.16. The van der Waals surface area contributed by atoms with Crippen molar-refractivity contribution in [1.82, 2.24) is 0 Å². The number of halogens is 1. The number of hydrogen-bond acceptors (Lipinski definition) is 5. The van der Waals surface area contributed by atoms with Gasteiger partial charge in [-0.25, -0.2) is 9.79 Å². The topological polar surface area (TPSA) is 64.7 Å². The maximum atomic E-state index is 11.5. The Morgan fingerprint density at radius 1 is 1.62 bits per heavy atom. The molecule has 0 aromatic heterocycles. The third-order valence-corrected chi connectivity index (χ3v) is 2.37. The zero-order valence-electron chi connectivity index (χ0n) is 9.54. The maximum absolute atomic E-state index is 11.5. The van der Waals surface area contributed by atoms with E-state index in [4.69, 9.17) is 22.1 Å². The van der Waals surface area contributed by atoms with Gasteiger partial charge in [-0.05, 0) is 20.1 Å². The minimum Gasteiger partial charge on any atom is -0.462 e. The van der Waals surface area contributed by atoms with Crippen LogP contribution in [-0.2, 0) is 9.53 Å². The van der Waals surface area contributed by atoms with E-state index in [0.29, 0.717) is 5.03 Å². The monoisotopic (exact) mass is 262 g/mol. The molecule has 4 nitrogen and oxygen atoms in total. The van der Waals surface area contributed by atoms with E-state index in [-0.39, 0.29) is 23.0 Å². The average molecular weight is 263 g/mol. The summed E-state index contributed by atoms with van der Waals surface area (Å²) >= 11 is 7.21. The van der Waals surface area contributed by atoms with Crippen LogP contribution in [0.1, 0.15) is 13.8 Å². The molecule has 0 saturated carbocycles. The van der Waals surface area contributed by atoms with Crippen LogP contribution in [0.4, 0.5) is 0 Å². The Morgan fingerprint density at radius 3 is 2.56 bits per heavy atom. The van der Waals surface area contributed by atoms with Gasteiger partial charge in [-0.15, -0.1) is 11.8 Å². The third kappa shape index (κ3) is 4.72. The Hall–Kier alpha value is -0.940. The molecule has 90 valence electrons. The van der Waals surface area contributed by atoms with Gasteiger partial charge in [-0.3, -0.25) is 0 Å². The third-order valence-electron chi connectivity index (χ3n) is 1.54. The van der Waals surface area contributed by atoms with Gasteiger partial charge in [0.15, 0.2) is 0 Å². The normalized spacial score (nSPS) is 13.1. The summed E-state index contributed by atoms with van der Waals surface area (Å²) in [5.74, 6) is -0.579. The minimum atomic E-state index is -0.579. The molecule has 2 N–H and O–H groups in total. The molecule has 0 bridgehead atoms. The summed E-state index contributed by atoms with van der Waals surface area (Å²) in [6, 6.07) is 0. The number of aliphatic imine (C=N–C) groups is 1. The Morgan fingerprint density at radius 2 is 2.19 bits per heavy atom. The van der Waals surface area contributed by atoms with E-state index < -0.39 is 5.97 Å². The first-order chi connectivity index (χ1) is 7.43. The minimum absolute atomic E-state index is 0.00204. The summed E-state index contributed by atoms with van der Waals surface area (Å²) in [5, 5.41) is 0.492. The molecule has 16 heavy (non-hydrogen) atoms. The van der Waals surface area contributed by atoms with Crippen molar-refractivity contribution in [2.24, 2.45) is 10.7 Å². The molecule has 0 aliphatic heterocycles. The standard InChI is InChI=1S/C10H15ClN2O2S/c1-5-15-10(14)8(6(2)12)9(11)13-7(3)16-4/h3,5,12H2,1-2,4H3/b8-6+,13-9?. The number of hydrogen-bond donors (Lipinski definition) is 1. The van der Waals surface area contributed by atoms with Gasteiger partial charge in [-0.2, -0.15) is 0 Å². The van der Waals surface area contributed by atoms with Crippen molar-refractivity contribution in [3.8, 4) is 0 Å².